The smallest absolute Gasteiger partial charge is 0.388 e. The molecule has 2 heterocycles. The molecule has 1 unspecified atom stereocenters. The van der Waals surface area contributed by atoms with Crippen LogP contribution in [0.2, 0.25) is 0 Å². The summed E-state index contributed by atoms with van der Waals surface area (Å²) in [4.78, 5) is 12.5. The van der Waals surface area contributed by atoms with Gasteiger partial charge in [-0.15, -0.1) is 11.3 Å². The van der Waals surface area contributed by atoms with Crippen LogP contribution < -0.4 is 4.90 Å². The molecule has 1 aliphatic heterocycles. The van der Waals surface area contributed by atoms with E-state index in [-0.39, 0.29) is 31.6 Å². The zero-order valence-corrected chi connectivity index (χ0v) is 12.1. The second-order valence-electron chi connectivity index (χ2n) is 5.08. The second kappa shape index (κ2) is 5.80. The molecule has 1 aromatic rings. The summed E-state index contributed by atoms with van der Waals surface area (Å²) in [5, 5.41) is 20.9. The summed E-state index contributed by atoms with van der Waals surface area (Å²) >= 11 is 1.06. The third-order valence-electron chi connectivity index (χ3n) is 3.57. The first kappa shape index (κ1) is 16.0. The van der Waals surface area contributed by atoms with Crippen LogP contribution in [0.15, 0.2) is 6.07 Å². The lowest BCUT2D eigenvalue weighted by molar-refractivity contribution is -0.383. The molecule has 9 heteroatoms. The minimum absolute atomic E-state index is 0.0669. The lowest BCUT2D eigenvalue weighted by Gasteiger charge is -2.33. The molecule has 0 amide bonds. The van der Waals surface area contributed by atoms with Crippen molar-refractivity contribution in [2.24, 2.45) is 5.92 Å². The minimum atomic E-state index is -4.21. The number of halogens is 3. The fraction of sp³-hybridized carbons (Fsp3) is 0.667. The molecule has 0 radical (unpaired) electrons. The quantitative estimate of drug-likeness (QED) is 0.683. The predicted molar refractivity (Wildman–Crippen MR) is 72.6 cm³/mol. The Morgan fingerprint density at radius 3 is 2.48 bits per heavy atom. The van der Waals surface area contributed by atoms with Crippen LogP contribution in [-0.2, 0) is 0 Å². The van der Waals surface area contributed by atoms with E-state index < -0.39 is 23.1 Å². The summed E-state index contributed by atoms with van der Waals surface area (Å²) in [5.74, 6) is -1.34. The first-order valence-electron chi connectivity index (χ1n) is 6.48. The molecule has 1 saturated heterocycles. The Morgan fingerprint density at radius 2 is 2.05 bits per heavy atom. The first-order chi connectivity index (χ1) is 9.70. The Labute approximate surface area is 123 Å². The summed E-state index contributed by atoms with van der Waals surface area (Å²) in [6.45, 7) is 1.75. The van der Waals surface area contributed by atoms with E-state index in [2.05, 4.69) is 0 Å². The van der Waals surface area contributed by atoms with Crippen molar-refractivity contribution in [2.45, 2.75) is 32.0 Å². The zero-order valence-electron chi connectivity index (χ0n) is 11.3. The lowest BCUT2D eigenvalue weighted by atomic mass is 9.96. The van der Waals surface area contributed by atoms with Crippen molar-refractivity contribution in [3.63, 3.8) is 0 Å². The highest BCUT2D eigenvalue weighted by atomic mass is 32.1. The average molecular weight is 324 g/mol. The van der Waals surface area contributed by atoms with Gasteiger partial charge in [0.2, 0.25) is 0 Å². The van der Waals surface area contributed by atoms with Gasteiger partial charge in [0.1, 0.15) is 0 Å². The van der Waals surface area contributed by atoms with Crippen LogP contribution in [0.25, 0.3) is 0 Å². The van der Waals surface area contributed by atoms with Crippen LogP contribution in [0.4, 0.5) is 23.9 Å². The number of hydrogen-bond donors (Lipinski definition) is 1. The van der Waals surface area contributed by atoms with Crippen molar-refractivity contribution in [1.29, 1.82) is 0 Å². The summed E-state index contributed by atoms with van der Waals surface area (Å²) in [6.07, 6.45) is -5.18. The highest BCUT2D eigenvalue weighted by Crippen LogP contribution is 2.43. The molecule has 118 valence electrons. The largest absolute Gasteiger partial charge is 0.391 e. The van der Waals surface area contributed by atoms with Gasteiger partial charge in [-0.05, 0) is 19.8 Å². The van der Waals surface area contributed by atoms with E-state index >= 15 is 0 Å². The summed E-state index contributed by atoms with van der Waals surface area (Å²) < 4.78 is 37.9. The molecule has 21 heavy (non-hydrogen) atoms. The van der Waals surface area contributed by atoms with Gasteiger partial charge < -0.3 is 10.0 Å². The molecule has 5 nitrogen and oxygen atoms in total. The van der Waals surface area contributed by atoms with Gasteiger partial charge in [-0.1, -0.05) is 0 Å². The number of aliphatic hydroxyl groups excluding tert-OH is 1. The molecule has 1 fully saturated rings. The van der Waals surface area contributed by atoms with E-state index in [1.165, 1.54) is 13.0 Å². The molecule has 2 rings (SSSR count). The Hall–Kier alpha value is -1.35. The topological polar surface area (TPSA) is 66.6 Å². The number of anilines is 1. The zero-order chi connectivity index (χ0) is 15.8. The lowest BCUT2D eigenvalue weighted by Crippen LogP contribution is -2.38. The van der Waals surface area contributed by atoms with Crippen molar-refractivity contribution >= 4 is 22.0 Å². The SMILES string of the molecule is CC(O)c1cc([N+](=O)[O-])c(N2CCC(C(F)(F)F)CC2)s1. The highest BCUT2D eigenvalue weighted by Gasteiger charge is 2.42. The number of nitrogens with zero attached hydrogens (tertiary/aromatic N) is 2. The van der Waals surface area contributed by atoms with Crippen LogP contribution in [0, 0.1) is 16.0 Å². The normalized spacial score (nSPS) is 18.8. The molecule has 0 aromatic carbocycles. The van der Waals surface area contributed by atoms with Gasteiger partial charge in [0, 0.05) is 24.0 Å². The van der Waals surface area contributed by atoms with Crippen LogP contribution in [0.1, 0.15) is 30.7 Å². The van der Waals surface area contributed by atoms with E-state index in [9.17, 15) is 28.4 Å². The van der Waals surface area contributed by atoms with E-state index in [0.29, 0.717) is 9.88 Å². The van der Waals surface area contributed by atoms with E-state index in [0.717, 1.165) is 11.3 Å². The number of rotatable bonds is 3. The fourth-order valence-corrected chi connectivity index (χ4v) is 3.48. The Kier molecular flexibility index (Phi) is 4.43. The molecular weight excluding hydrogens is 309 g/mol. The van der Waals surface area contributed by atoms with Crippen molar-refractivity contribution in [1.82, 2.24) is 0 Å². The summed E-state index contributed by atoms with van der Waals surface area (Å²) in [5.41, 5.74) is -0.152. The third kappa shape index (κ3) is 3.46. The molecule has 1 N–H and O–H groups in total. The molecule has 0 saturated carbocycles. The predicted octanol–water partition coefficient (Wildman–Crippen LogP) is 3.49. The summed E-state index contributed by atoms with van der Waals surface area (Å²) in [7, 11) is 0. The Morgan fingerprint density at radius 1 is 1.48 bits per heavy atom. The molecule has 0 bridgehead atoms. The van der Waals surface area contributed by atoms with Crippen molar-refractivity contribution in [3.05, 3.63) is 21.1 Å². The van der Waals surface area contributed by atoms with Gasteiger partial charge in [0.05, 0.1) is 16.9 Å². The van der Waals surface area contributed by atoms with E-state index in [1.54, 1.807) is 4.90 Å². The fourth-order valence-electron chi connectivity index (χ4n) is 2.36. The Bertz CT molecular complexity index is 522. The number of aliphatic hydroxyl groups is 1. The number of alkyl halides is 3. The number of piperidine rings is 1. The maximum atomic E-state index is 12.6. The third-order valence-corrected chi connectivity index (χ3v) is 4.92. The maximum Gasteiger partial charge on any atom is 0.391 e. The molecular formula is C12H15F3N2O3S. The maximum absolute atomic E-state index is 12.6. The van der Waals surface area contributed by atoms with Crippen molar-refractivity contribution in [3.8, 4) is 0 Å². The second-order valence-corrected chi connectivity index (χ2v) is 6.14. The highest BCUT2D eigenvalue weighted by molar-refractivity contribution is 7.16. The first-order valence-corrected chi connectivity index (χ1v) is 7.29. The van der Waals surface area contributed by atoms with Gasteiger partial charge >= 0.3 is 11.9 Å². The number of hydrogen-bond acceptors (Lipinski definition) is 5. The van der Waals surface area contributed by atoms with Gasteiger partial charge in [-0.3, -0.25) is 10.1 Å². The van der Waals surface area contributed by atoms with Crippen LogP contribution in [-0.4, -0.2) is 29.3 Å². The number of nitro groups is 1. The average Bonchev–Trinajstić information content (AvgIpc) is 2.83. The van der Waals surface area contributed by atoms with Crippen molar-refractivity contribution in [2.75, 3.05) is 18.0 Å². The van der Waals surface area contributed by atoms with Gasteiger partial charge in [-0.25, -0.2) is 0 Å². The minimum Gasteiger partial charge on any atom is -0.388 e. The van der Waals surface area contributed by atoms with E-state index in [4.69, 9.17) is 0 Å². The van der Waals surface area contributed by atoms with Crippen molar-refractivity contribution < 1.29 is 23.2 Å². The van der Waals surface area contributed by atoms with Crippen LogP contribution >= 0.6 is 11.3 Å². The van der Waals surface area contributed by atoms with Gasteiger partial charge in [-0.2, -0.15) is 13.2 Å². The molecule has 1 aromatic heterocycles. The van der Waals surface area contributed by atoms with Crippen LogP contribution in [0.3, 0.4) is 0 Å². The van der Waals surface area contributed by atoms with E-state index in [1.807, 2.05) is 0 Å². The standard InChI is InChI=1S/C12H15F3N2O3S/c1-7(18)10-6-9(17(19)20)11(21-10)16-4-2-8(3-5-16)12(13,14)15/h6-8,18H,2-5H2,1H3. The Balaban J connectivity index is 2.18. The number of thiophene rings is 1. The molecule has 1 aliphatic rings. The summed E-state index contributed by atoms with van der Waals surface area (Å²) in [6, 6.07) is 1.29. The molecule has 1 atom stereocenters. The monoisotopic (exact) mass is 324 g/mol. The molecule has 0 aliphatic carbocycles. The van der Waals surface area contributed by atoms with Crippen LogP contribution in [0.5, 0.6) is 0 Å². The molecule has 0 spiro atoms. The van der Waals surface area contributed by atoms with Gasteiger partial charge in [0.25, 0.3) is 0 Å². The van der Waals surface area contributed by atoms with Gasteiger partial charge in [0.15, 0.2) is 5.00 Å².